The molecule has 0 aliphatic heterocycles. The molecule has 0 aromatic carbocycles. The molecule has 8 nitrogen and oxygen atoms in total. The van der Waals surface area contributed by atoms with Gasteiger partial charge in [0.05, 0.1) is 6.61 Å². The number of esters is 2. The summed E-state index contributed by atoms with van der Waals surface area (Å²) in [5.41, 5.74) is 5.68. The van der Waals surface area contributed by atoms with E-state index in [1.165, 1.54) is 32.1 Å². The summed E-state index contributed by atoms with van der Waals surface area (Å²) in [5.74, 6) is -1.02. The van der Waals surface area contributed by atoms with E-state index in [4.69, 9.17) is 20.3 Å². The molecule has 0 saturated carbocycles. The molecule has 0 fully saturated rings. The minimum Gasteiger partial charge on any atom is -0.480 e. The molecule has 46 heavy (non-hydrogen) atoms. The Morgan fingerprint density at radius 1 is 0.565 bits per heavy atom. The first kappa shape index (κ1) is 44.3. The lowest BCUT2D eigenvalue weighted by molar-refractivity contribution is -0.150. The molecule has 8 heteroatoms. The minimum atomic E-state index is -0.923. The van der Waals surface area contributed by atoms with Crippen LogP contribution < -0.4 is 5.73 Å². The molecule has 0 spiro atoms. The number of ether oxygens (including phenoxy) is 2. The van der Waals surface area contributed by atoms with Crippen molar-refractivity contribution in [2.45, 2.75) is 200 Å². The Hall–Kier alpha value is -1.67. The quantitative estimate of drug-likeness (QED) is 0.0512. The smallest absolute Gasteiger partial charge is 0.320 e. The van der Waals surface area contributed by atoms with Crippen molar-refractivity contribution in [3.8, 4) is 0 Å². The summed E-state index contributed by atoms with van der Waals surface area (Å²) in [5, 5.41) is 9.04. The van der Waals surface area contributed by atoms with Crippen molar-refractivity contribution >= 4 is 17.9 Å². The van der Waals surface area contributed by atoms with E-state index in [2.05, 4.69) is 18.7 Å². The van der Waals surface area contributed by atoms with Crippen LogP contribution in [0.2, 0.25) is 0 Å². The number of carboxylic acid groups (broad SMARTS) is 1. The van der Waals surface area contributed by atoms with E-state index < -0.39 is 12.0 Å². The Morgan fingerprint density at radius 2 is 1.02 bits per heavy atom. The van der Waals surface area contributed by atoms with Gasteiger partial charge >= 0.3 is 17.9 Å². The molecular weight excluding hydrogens is 580 g/mol. The maximum atomic E-state index is 12.5. The molecule has 0 amide bonds. The van der Waals surface area contributed by atoms with Gasteiger partial charge in [0.1, 0.15) is 12.1 Å². The van der Waals surface area contributed by atoms with Crippen molar-refractivity contribution in [2.24, 2.45) is 5.73 Å². The van der Waals surface area contributed by atoms with E-state index in [-0.39, 0.29) is 18.0 Å². The lowest BCUT2D eigenvalue weighted by Gasteiger charge is -2.22. The third-order valence-electron chi connectivity index (χ3n) is 8.79. The van der Waals surface area contributed by atoms with Crippen LogP contribution in [0.4, 0.5) is 0 Å². The largest absolute Gasteiger partial charge is 0.480 e. The molecule has 3 N–H and O–H groups in total. The van der Waals surface area contributed by atoms with Crippen molar-refractivity contribution in [1.82, 2.24) is 4.90 Å². The van der Waals surface area contributed by atoms with Crippen molar-refractivity contribution in [2.75, 3.05) is 26.2 Å². The zero-order valence-corrected chi connectivity index (χ0v) is 30.4. The van der Waals surface area contributed by atoms with Crippen LogP contribution in [0.25, 0.3) is 0 Å². The number of rotatable bonds is 35. The Kier molecular flexibility index (Phi) is 32.0. The topological polar surface area (TPSA) is 119 Å². The van der Waals surface area contributed by atoms with Gasteiger partial charge in [-0.3, -0.25) is 14.4 Å². The van der Waals surface area contributed by atoms with E-state index in [0.717, 1.165) is 135 Å². The summed E-state index contributed by atoms with van der Waals surface area (Å²) in [6, 6.07) is -0.771. The van der Waals surface area contributed by atoms with Gasteiger partial charge in [-0.05, 0) is 83.8 Å². The molecule has 272 valence electrons. The minimum absolute atomic E-state index is 0.0164. The zero-order chi connectivity index (χ0) is 34.1. The van der Waals surface area contributed by atoms with Gasteiger partial charge in [0, 0.05) is 12.8 Å². The summed E-state index contributed by atoms with van der Waals surface area (Å²) in [7, 11) is 0. The van der Waals surface area contributed by atoms with E-state index in [0.29, 0.717) is 25.9 Å². The molecule has 2 unspecified atom stereocenters. The van der Waals surface area contributed by atoms with Crippen LogP contribution in [0.1, 0.15) is 188 Å². The second kappa shape index (κ2) is 33.2. The number of carbonyl (C=O) groups excluding carboxylic acids is 2. The highest BCUT2D eigenvalue weighted by atomic mass is 16.5. The van der Waals surface area contributed by atoms with Crippen LogP contribution in [0.5, 0.6) is 0 Å². The third kappa shape index (κ3) is 29.7. The standard InChI is InChI=1S/C38H74N2O6/c1-4-7-9-10-13-18-26-34(25-8-5-2)46-37(42)29-20-15-12-17-23-31-40(32-24-21-27-35(39)38(43)44)30-22-16-11-14-19-28-36(41)45-33-6-3/h34-35H,4-33,39H2,1-3H3,(H,43,44). The number of nitrogens with two attached hydrogens (primary N) is 1. The van der Waals surface area contributed by atoms with Crippen molar-refractivity contribution in [3.05, 3.63) is 0 Å². The average Bonchev–Trinajstić information content (AvgIpc) is 3.04. The van der Waals surface area contributed by atoms with Crippen LogP contribution in [-0.4, -0.2) is 66.3 Å². The number of hydrogen-bond acceptors (Lipinski definition) is 7. The highest BCUT2D eigenvalue weighted by Crippen LogP contribution is 2.17. The lowest BCUT2D eigenvalue weighted by Crippen LogP contribution is -2.31. The van der Waals surface area contributed by atoms with Crippen LogP contribution in [0, 0.1) is 0 Å². The fraction of sp³-hybridized carbons (Fsp3) is 0.921. The molecule has 0 aromatic heterocycles. The molecule has 0 aromatic rings. The maximum absolute atomic E-state index is 12.5. The fourth-order valence-corrected chi connectivity index (χ4v) is 5.81. The fourth-order valence-electron chi connectivity index (χ4n) is 5.81. The molecule has 2 atom stereocenters. The molecule has 0 bridgehead atoms. The van der Waals surface area contributed by atoms with Gasteiger partial charge in [0.25, 0.3) is 0 Å². The third-order valence-corrected chi connectivity index (χ3v) is 8.79. The Balaban J connectivity index is 4.26. The van der Waals surface area contributed by atoms with Gasteiger partial charge in [0.15, 0.2) is 0 Å². The van der Waals surface area contributed by atoms with Crippen molar-refractivity contribution < 1.29 is 29.0 Å². The predicted molar refractivity (Wildman–Crippen MR) is 190 cm³/mol. The normalized spacial score (nSPS) is 12.7. The molecule has 0 radical (unpaired) electrons. The van der Waals surface area contributed by atoms with Crippen LogP contribution in [0.15, 0.2) is 0 Å². The van der Waals surface area contributed by atoms with Crippen LogP contribution in [0.3, 0.4) is 0 Å². The highest BCUT2D eigenvalue weighted by Gasteiger charge is 2.14. The number of aliphatic carboxylic acids is 1. The summed E-state index contributed by atoms with van der Waals surface area (Å²) in [4.78, 5) is 37.7. The van der Waals surface area contributed by atoms with E-state index in [1.54, 1.807) is 0 Å². The molecule has 0 aliphatic carbocycles. The average molecular weight is 655 g/mol. The number of unbranched alkanes of at least 4 members (excludes halogenated alkanes) is 15. The Labute approximate surface area is 283 Å². The van der Waals surface area contributed by atoms with Gasteiger partial charge in [-0.2, -0.15) is 0 Å². The first-order chi connectivity index (χ1) is 22.3. The first-order valence-electron chi connectivity index (χ1n) is 19.4. The summed E-state index contributed by atoms with van der Waals surface area (Å²) in [6.45, 7) is 10.0. The molecule has 0 rings (SSSR count). The number of hydrogen-bond donors (Lipinski definition) is 2. The van der Waals surface area contributed by atoms with Crippen molar-refractivity contribution in [3.63, 3.8) is 0 Å². The van der Waals surface area contributed by atoms with Gasteiger partial charge in [0.2, 0.25) is 0 Å². The Bertz CT molecular complexity index is 719. The first-order valence-corrected chi connectivity index (χ1v) is 19.4. The molecule has 0 heterocycles. The zero-order valence-electron chi connectivity index (χ0n) is 30.4. The predicted octanol–water partition coefficient (Wildman–Crippen LogP) is 9.36. The summed E-state index contributed by atoms with van der Waals surface area (Å²) >= 11 is 0. The summed E-state index contributed by atoms with van der Waals surface area (Å²) in [6.07, 6.45) is 26.9. The molecule has 0 aliphatic rings. The Morgan fingerprint density at radius 3 is 1.59 bits per heavy atom. The molecular formula is C38H74N2O6. The maximum Gasteiger partial charge on any atom is 0.320 e. The number of carboxylic acids is 1. The second-order valence-electron chi connectivity index (χ2n) is 13.3. The number of carbonyl (C=O) groups is 3. The molecule has 0 saturated heterocycles. The SMILES string of the molecule is CCCCCCCCC(CCCC)OC(=O)CCCCCCCN(CCCCCCCC(=O)OCCC)CCCCC(N)C(=O)O. The monoisotopic (exact) mass is 655 g/mol. The lowest BCUT2D eigenvalue weighted by atomic mass is 10.0. The van der Waals surface area contributed by atoms with Crippen LogP contribution >= 0.6 is 0 Å². The van der Waals surface area contributed by atoms with Gasteiger partial charge in [-0.1, -0.05) is 111 Å². The van der Waals surface area contributed by atoms with Gasteiger partial charge < -0.3 is 25.2 Å². The van der Waals surface area contributed by atoms with Gasteiger partial charge in [-0.15, -0.1) is 0 Å². The van der Waals surface area contributed by atoms with Crippen LogP contribution in [-0.2, 0) is 23.9 Å². The summed E-state index contributed by atoms with van der Waals surface area (Å²) < 4.78 is 11.0. The highest BCUT2D eigenvalue weighted by molar-refractivity contribution is 5.73. The van der Waals surface area contributed by atoms with Gasteiger partial charge in [-0.25, -0.2) is 0 Å². The number of nitrogens with zero attached hydrogens (tertiary/aromatic N) is 1. The van der Waals surface area contributed by atoms with E-state index in [9.17, 15) is 14.4 Å². The second-order valence-corrected chi connectivity index (χ2v) is 13.3. The van der Waals surface area contributed by atoms with E-state index in [1.807, 2.05) is 6.92 Å². The van der Waals surface area contributed by atoms with E-state index >= 15 is 0 Å². The van der Waals surface area contributed by atoms with Crippen molar-refractivity contribution in [1.29, 1.82) is 0 Å².